The van der Waals surface area contributed by atoms with E-state index in [1.807, 2.05) is 20.0 Å². The van der Waals surface area contributed by atoms with Crippen molar-refractivity contribution in [2.45, 2.75) is 58.7 Å². The average Bonchev–Trinajstić information content (AvgIpc) is 2.73. The molecular weight excluding hydrogens is 383 g/mol. The van der Waals surface area contributed by atoms with Crippen LogP contribution in [0.5, 0.6) is 5.75 Å². The Labute approximate surface area is 181 Å². The monoisotopic (exact) mass is 422 g/mol. The van der Waals surface area contributed by atoms with Gasteiger partial charge in [0, 0.05) is 45.9 Å². The summed E-state index contributed by atoms with van der Waals surface area (Å²) in [5.74, 6) is 1.35. The molecule has 1 heterocycles. The van der Waals surface area contributed by atoms with Gasteiger partial charge in [0.25, 0.3) is 0 Å². The third-order valence-corrected chi connectivity index (χ3v) is 5.62. The molecular formula is C23H39FN4O2. The van der Waals surface area contributed by atoms with Crippen LogP contribution in [0.2, 0.25) is 0 Å². The van der Waals surface area contributed by atoms with E-state index in [1.165, 1.54) is 7.11 Å². The minimum absolute atomic E-state index is 0.270. The van der Waals surface area contributed by atoms with Gasteiger partial charge in [-0.15, -0.1) is 0 Å². The molecule has 0 radical (unpaired) electrons. The Balaban J connectivity index is 1.73. The smallest absolute Gasteiger partial charge is 0.191 e. The van der Waals surface area contributed by atoms with Crippen LogP contribution in [0.1, 0.15) is 45.6 Å². The third kappa shape index (κ3) is 7.76. The second-order valence-electron chi connectivity index (χ2n) is 8.19. The fraction of sp³-hybridized carbons (Fsp3) is 0.696. The lowest BCUT2D eigenvalue weighted by Crippen LogP contribution is -2.49. The summed E-state index contributed by atoms with van der Waals surface area (Å²) in [4.78, 5) is 6.74. The van der Waals surface area contributed by atoms with Crippen LogP contribution >= 0.6 is 0 Å². The second-order valence-corrected chi connectivity index (χ2v) is 8.19. The zero-order valence-corrected chi connectivity index (χ0v) is 19.2. The van der Waals surface area contributed by atoms with Crippen molar-refractivity contribution >= 4 is 5.96 Å². The minimum atomic E-state index is -0.300. The molecule has 1 aromatic rings. The molecule has 0 saturated carbocycles. The summed E-state index contributed by atoms with van der Waals surface area (Å²) >= 11 is 0. The molecule has 0 spiro atoms. The SMILES string of the molecule is CCOC(CCNC(=NC)NC1CCN(Cc2ccc(OC)c(F)c2)CC1)C(C)C. The lowest BCUT2D eigenvalue weighted by atomic mass is 10.0. The van der Waals surface area contributed by atoms with Crippen LogP contribution in [0.25, 0.3) is 0 Å². The zero-order valence-electron chi connectivity index (χ0n) is 19.2. The highest BCUT2D eigenvalue weighted by atomic mass is 19.1. The van der Waals surface area contributed by atoms with Gasteiger partial charge in [-0.2, -0.15) is 0 Å². The van der Waals surface area contributed by atoms with Crippen LogP contribution in [0.4, 0.5) is 4.39 Å². The summed E-state index contributed by atoms with van der Waals surface area (Å²) in [6.07, 6.45) is 3.30. The largest absolute Gasteiger partial charge is 0.494 e. The number of hydrogen-bond acceptors (Lipinski definition) is 4. The highest BCUT2D eigenvalue weighted by Crippen LogP contribution is 2.20. The van der Waals surface area contributed by atoms with Gasteiger partial charge in [0.2, 0.25) is 0 Å². The molecule has 0 amide bonds. The van der Waals surface area contributed by atoms with Crippen LogP contribution in [-0.4, -0.2) is 63.4 Å². The summed E-state index contributed by atoms with van der Waals surface area (Å²) in [7, 11) is 3.30. The summed E-state index contributed by atoms with van der Waals surface area (Å²) in [6, 6.07) is 5.60. The standard InChI is InChI=1S/C23H39FN4O2/c1-6-30-21(17(2)3)9-12-26-23(25-4)27-19-10-13-28(14-11-19)16-18-7-8-22(29-5)20(24)15-18/h7-8,15,17,19,21H,6,9-14,16H2,1-5H3,(H2,25,26,27). The predicted octanol–water partition coefficient (Wildman–Crippen LogP) is 3.41. The van der Waals surface area contributed by atoms with E-state index < -0.39 is 0 Å². The van der Waals surface area contributed by atoms with Gasteiger partial charge in [-0.1, -0.05) is 19.9 Å². The predicted molar refractivity (Wildman–Crippen MR) is 121 cm³/mol. The van der Waals surface area contributed by atoms with E-state index in [-0.39, 0.29) is 11.9 Å². The molecule has 1 aliphatic rings. The molecule has 1 saturated heterocycles. The number of likely N-dealkylation sites (tertiary alicyclic amines) is 1. The Morgan fingerprint density at radius 1 is 1.30 bits per heavy atom. The zero-order chi connectivity index (χ0) is 21.9. The molecule has 0 aromatic heterocycles. The highest BCUT2D eigenvalue weighted by molar-refractivity contribution is 5.79. The first-order valence-corrected chi connectivity index (χ1v) is 11.1. The number of guanidine groups is 1. The number of rotatable bonds is 10. The van der Waals surface area contributed by atoms with Crippen molar-refractivity contribution in [3.05, 3.63) is 29.6 Å². The van der Waals surface area contributed by atoms with E-state index in [2.05, 4.69) is 34.4 Å². The minimum Gasteiger partial charge on any atom is -0.494 e. The van der Waals surface area contributed by atoms with Crippen molar-refractivity contribution in [3.63, 3.8) is 0 Å². The van der Waals surface area contributed by atoms with Crippen LogP contribution in [-0.2, 0) is 11.3 Å². The number of aliphatic imine (C=N–C) groups is 1. The van der Waals surface area contributed by atoms with Crippen molar-refractivity contribution < 1.29 is 13.9 Å². The molecule has 1 aromatic carbocycles. The summed E-state index contributed by atoms with van der Waals surface area (Å²) in [6.45, 7) is 10.7. The number of benzene rings is 1. The van der Waals surface area contributed by atoms with Crippen molar-refractivity contribution in [2.75, 3.05) is 40.4 Å². The molecule has 30 heavy (non-hydrogen) atoms. The number of ether oxygens (including phenoxy) is 2. The maximum atomic E-state index is 13.9. The molecule has 1 atom stereocenters. The first-order chi connectivity index (χ1) is 14.5. The van der Waals surface area contributed by atoms with E-state index in [9.17, 15) is 4.39 Å². The average molecular weight is 423 g/mol. The van der Waals surface area contributed by atoms with Gasteiger partial charge in [-0.3, -0.25) is 9.89 Å². The molecule has 0 aliphatic carbocycles. The Kier molecular flexibility index (Phi) is 10.4. The van der Waals surface area contributed by atoms with Gasteiger partial charge in [-0.25, -0.2) is 4.39 Å². The van der Waals surface area contributed by atoms with Crippen LogP contribution < -0.4 is 15.4 Å². The lowest BCUT2D eigenvalue weighted by Gasteiger charge is -2.33. The molecule has 2 rings (SSSR count). The van der Waals surface area contributed by atoms with Gasteiger partial charge >= 0.3 is 0 Å². The molecule has 1 aliphatic heterocycles. The third-order valence-electron chi connectivity index (χ3n) is 5.62. The Bertz CT molecular complexity index is 661. The lowest BCUT2D eigenvalue weighted by molar-refractivity contribution is 0.0258. The van der Waals surface area contributed by atoms with Gasteiger partial charge in [0.05, 0.1) is 13.2 Å². The van der Waals surface area contributed by atoms with Crippen LogP contribution in [0.15, 0.2) is 23.2 Å². The number of hydrogen-bond donors (Lipinski definition) is 2. The molecule has 170 valence electrons. The van der Waals surface area contributed by atoms with E-state index >= 15 is 0 Å². The summed E-state index contributed by atoms with van der Waals surface area (Å²) in [5, 5.41) is 6.96. The maximum Gasteiger partial charge on any atom is 0.191 e. The molecule has 6 nitrogen and oxygen atoms in total. The highest BCUT2D eigenvalue weighted by Gasteiger charge is 2.21. The molecule has 2 N–H and O–H groups in total. The van der Waals surface area contributed by atoms with Gasteiger partial charge in [0.1, 0.15) is 0 Å². The Morgan fingerprint density at radius 3 is 2.60 bits per heavy atom. The van der Waals surface area contributed by atoms with Gasteiger partial charge in [0.15, 0.2) is 17.5 Å². The van der Waals surface area contributed by atoms with Crippen molar-refractivity contribution in [1.82, 2.24) is 15.5 Å². The fourth-order valence-electron chi connectivity index (χ4n) is 3.85. The second kappa shape index (κ2) is 12.7. The van der Waals surface area contributed by atoms with Crippen molar-refractivity contribution in [3.8, 4) is 5.75 Å². The maximum absolute atomic E-state index is 13.9. The number of piperidine rings is 1. The van der Waals surface area contributed by atoms with E-state index in [4.69, 9.17) is 9.47 Å². The Hall–Kier alpha value is -1.86. The normalized spacial score (nSPS) is 17.2. The van der Waals surface area contributed by atoms with Crippen LogP contribution in [0.3, 0.4) is 0 Å². The molecule has 0 bridgehead atoms. The van der Waals surface area contributed by atoms with Gasteiger partial charge in [-0.05, 0) is 49.8 Å². The number of halogens is 1. The fourth-order valence-corrected chi connectivity index (χ4v) is 3.85. The number of nitrogens with zero attached hydrogens (tertiary/aromatic N) is 2. The quantitative estimate of drug-likeness (QED) is 0.447. The number of nitrogens with one attached hydrogen (secondary N) is 2. The van der Waals surface area contributed by atoms with Crippen LogP contribution in [0, 0.1) is 11.7 Å². The molecule has 1 fully saturated rings. The van der Waals surface area contributed by atoms with E-state index in [0.717, 1.165) is 63.6 Å². The van der Waals surface area contributed by atoms with Crippen molar-refractivity contribution in [1.29, 1.82) is 0 Å². The molecule has 7 heteroatoms. The summed E-state index contributed by atoms with van der Waals surface area (Å²) < 4.78 is 24.7. The van der Waals surface area contributed by atoms with E-state index in [1.54, 1.807) is 12.1 Å². The first-order valence-electron chi connectivity index (χ1n) is 11.1. The van der Waals surface area contributed by atoms with E-state index in [0.29, 0.717) is 17.7 Å². The summed E-state index contributed by atoms with van der Waals surface area (Å²) in [5.41, 5.74) is 0.978. The number of methoxy groups -OCH3 is 1. The van der Waals surface area contributed by atoms with Crippen molar-refractivity contribution in [2.24, 2.45) is 10.9 Å². The topological polar surface area (TPSA) is 58.1 Å². The first kappa shape index (κ1) is 24.4. The Morgan fingerprint density at radius 2 is 2.03 bits per heavy atom. The molecule has 1 unspecified atom stereocenters. The van der Waals surface area contributed by atoms with Gasteiger partial charge < -0.3 is 20.1 Å².